The summed E-state index contributed by atoms with van der Waals surface area (Å²) in [6.45, 7) is 1.05. The van der Waals surface area contributed by atoms with Crippen molar-refractivity contribution < 1.29 is 32.3 Å². The molecule has 1 spiro atoms. The van der Waals surface area contributed by atoms with Gasteiger partial charge < -0.3 is 5.32 Å². The lowest BCUT2D eigenvalue weighted by atomic mass is 9.54. The molecule has 5 rings (SSSR count). The first-order valence-corrected chi connectivity index (χ1v) is 10.4. The lowest BCUT2D eigenvalue weighted by molar-refractivity contribution is -0.255. The number of piperidine rings is 1. The largest absolute Gasteiger partial charge is 0.406 e. The van der Waals surface area contributed by atoms with Gasteiger partial charge in [0.15, 0.2) is 0 Å². The standard InChI is InChI=1S/C21H21F3N4O4/c22-21(23,24)20(7-19(8-20)9-25-10-19)26-6-11-1-2-12-13(5-11)18(32)28(17(12)31)14-3-4-15(29)27-16(14)30/h1-2,5,14,25-26H,3-4,6-10H2,(H,27,29,30). The van der Waals surface area contributed by atoms with Gasteiger partial charge in [0.25, 0.3) is 11.8 Å². The molecule has 3 N–H and O–H groups in total. The van der Waals surface area contributed by atoms with Crippen LogP contribution in [0.3, 0.4) is 0 Å². The Bertz CT molecular complexity index is 1040. The summed E-state index contributed by atoms with van der Waals surface area (Å²) in [5, 5.41) is 7.80. The number of imide groups is 2. The van der Waals surface area contributed by atoms with Crippen LogP contribution in [-0.2, 0) is 16.1 Å². The Labute approximate surface area is 180 Å². The van der Waals surface area contributed by atoms with Gasteiger partial charge in [-0.2, -0.15) is 13.2 Å². The molecule has 1 saturated carbocycles. The normalized spacial score (nSPS) is 26.0. The van der Waals surface area contributed by atoms with Crippen molar-refractivity contribution >= 4 is 23.6 Å². The fourth-order valence-electron chi connectivity index (χ4n) is 5.28. The van der Waals surface area contributed by atoms with E-state index in [9.17, 15) is 32.3 Å². The summed E-state index contributed by atoms with van der Waals surface area (Å²) in [5.41, 5.74) is -1.69. The van der Waals surface area contributed by atoms with Crippen molar-refractivity contribution in [3.63, 3.8) is 0 Å². The van der Waals surface area contributed by atoms with Crippen LogP contribution in [0.2, 0.25) is 0 Å². The molecule has 0 radical (unpaired) electrons. The molecule has 3 fully saturated rings. The van der Waals surface area contributed by atoms with E-state index in [0.717, 1.165) is 4.90 Å². The van der Waals surface area contributed by atoms with E-state index in [-0.39, 0.29) is 48.8 Å². The van der Waals surface area contributed by atoms with Crippen LogP contribution < -0.4 is 16.0 Å². The molecular formula is C21H21F3N4O4. The number of halogens is 3. The van der Waals surface area contributed by atoms with Gasteiger partial charge in [0.05, 0.1) is 11.1 Å². The zero-order valence-corrected chi connectivity index (χ0v) is 17.0. The molecule has 170 valence electrons. The molecule has 1 aliphatic carbocycles. The smallest absolute Gasteiger partial charge is 0.316 e. The predicted octanol–water partition coefficient (Wildman–Crippen LogP) is 0.862. The second-order valence-corrected chi connectivity index (χ2v) is 9.22. The monoisotopic (exact) mass is 450 g/mol. The molecule has 4 aliphatic rings. The minimum atomic E-state index is -4.40. The molecule has 32 heavy (non-hydrogen) atoms. The van der Waals surface area contributed by atoms with Crippen molar-refractivity contribution in [2.45, 2.75) is 50.0 Å². The Morgan fingerprint density at radius 2 is 1.75 bits per heavy atom. The Hall–Kier alpha value is -2.79. The third kappa shape index (κ3) is 3.06. The highest BCUT2D eigenvalue weighted by molar-refractivity contribution is 6.23. The molecule has 0 aromatic heterocycles. The van der Waals surface area contributed by atoms with Gasteiger partial charge >= 0.3 is 6.18 Å². The van der Waals surface area contributed by atoms with Crippen LogP contribution in [0.5, 0.6) is 0 Å². The molecule has 1 unspecified atom stereocenters. The van der Waals surface area contributed by atoms with E-state index in [2.05, 4.69) is 16.0 Å². The van der Waals surface area contributed by atoms with Crippen molar-refractivity contribution in [2.24, 2.45) is 5.41 Å². The fourth-order valence-corrected chi connectivity index (χ4v) is 5.28. The third-order valence-corrected chi connectivity index (χ3v) is 7.03. The van der Waals surface area contributed by atoms with Crippen LogP contribution in [0.4, 0.5) is 13.2 Å². The van der Waals surface area contributed by atoms with Gasteiger partial charge in [-0.15, -0.1) is 0 Å². The topological polar surface area (TPSA) is 108 Å². The number of carbonyl (C=O) groups is 4. The number of alkyl halides is 3. The molecule has 3 heterocycles. The Balaban J connectivity index is 1.33. The molecule has 1 atom stereocenters. The Morgan fingerprint density at radius 1 is 1.06 bits per heavy atom. The second kappa shape index (κ2) is 6.85. The van der Waals surface area contributed by atoms with Crippen molar-refractivity contribution in [2.75, 3.05) is 13.1 Å². The number of fused-ring (bicyclic) bond motifs is 1. The summed E-state index contributed by atoms with van der Waals surface area (Å²) in [5.74, 6) is -2.52. The predicted molar refractivity (Wildman–Crippen MR) is 103 cm³/mol. The number of amides is 4. The quantitative estimate of drug-likeness (QED) is 0.588. The van der Waals surface area contributed by atoms with E-state index >= 15 is 0 Å². The van der Waals surface area contributed by atoms with Crippen LogP contribution >= 0.6 is 0 Å². The lowest BCUT2D eigenvalue weighted by Crippen LogP contribution is -2.75. The molecule has 8 nitrogen and oxygen atoms in total. The third-order valence-electron chi connectivity index (χ3n) is 7.03. The van der Waals surface area contributed by atoms with Crippen LogP contribution in [-0.4, -0.2) is 59.4 Å². The second-order valence-electron chi connectivity index (χ2n) is 9.22. The highest BCUT2D eigenvalue weighted by Gasteiger charge is 2.68. The van der Waals surface area contributed by atoms with Gasteiger partial charge in [0.1, 0.15) is 11.6 Å². The zero-order valence-electron chi connectivity index (χ0n) is 17.0. The minimum Gasteiger partial charge on any atom is -0.316 e. The summed E-state index contributed by atoms with van der Waals surface area (Å²) in [7, 11) is 0. The summed E-state index contributed by atoms with van der Waals surface area (Å²) in [4.78, 5) is 49.9. The van der Waals surface area contributed by atoms with Crippen LogP contribution in [0.15, 0.2) is 18.2 Å². The number of hydrogen-bond acceptors (Lipinski definition) is 6. The van der Waals surface area contributed by atoms with Gasteiger partial charge in [-0.25, -0.2) is 0 Å². The Morgan fingerprint density at radius 3 is 2.34 bits per heavy atom. The number of hydrogen-bond donors (Lipinski definition) is 3. The van der Waals surface area contributed by atoms with E-state index < -0.39 is 41.4 Å². The molecule has 1 aromatic carbocycles. The van der Waals surface area contributed by atoms with Crippen molar-refractivity contribution in [1.82, 2.24) is 20.9 Å². The number of nitrogens with zero attached hydrogens (tertiary/aromatic N) is 1. The van der Waals surface area contributed by atoms with E-state index in [1.54, 1.807) is 0 Å². The molecule has 2 saturated heterocycles. The Kier molecular flexibility index (Phi) is 4.51. The molecular weight excluding hydrogens is 429 g/mol. The molecule has 11 heteroatoms. The highest BCUT2D eigenvalue weighted by Crippen LogP contribution is 2.57. The maximum absolute atomic E-state index is 13.8. The van der Waals surface area contributed by atoms with Crippen molar-refractivity contribution in [3.05, 3.63) is 34.9 Å². The minimum absolute atomic E-state index is 0.00213. The van der Waals surface area contributed by atoms with E-state index in [1.165, 1.54) is 18.2 Å². The number of rotatable bonds is 4. The van der Waals surface area contributed by atoms with Crippen LogP contribution in [0.25, 0.3) is 0 Å². The summed E-state index contributed by atoms with van der Waals surface area (Å²) < 4.78 is 41.3. The van der Waals surface area contributed by atoms with Crippen LogP contribution in [0, 0.1) is 5.41 Å². The van der Waals surface area contributed by atoms with Crippen molar-refractivity contribution in [1.29, 1.82) is 0 Å². The van der Waals surface area contributed by atoms with Gasteiger partial charge in [0.2, 0.25) is 11.8 Å². The lowest BCUT2D eigenvalue weighted by Gasteiger charge is -2.61. The maximum atomic E-state index is 13.8. The molecule has 0 bridgehead atoms. The van der Waals surface area contributed by atoms with Gasteiger partial charge in [-0.1, -0.05) is 6.07 Å². The van der Waals surface area contributed by atoms with E-state index in [0.29, 0.717) is 18.7 Å². The number of carbonyl (C=O) groups excluding carboxylic acids is 4. The number of nitrogens with one attached hydrogen (secondary N) is 3. The maximum Gasteiger partial charge on any atom is 0.406 e. The zero-order chi connectivity index (χ0) is 22.9. The average molecular weight is 450 g/mol. The summed E-state index contributed by atoms with van der Waals surface area (Å²) in [6.07, 6.45) is -4.35. The first kappa shape index (κ1) is 21.1. The molecule has 1 aromatic rings. The molecule has 3 aliphatic heterocycles. The fraction of sp³-hybridized carbons (Fsp3) is 0.524. The van der Waals surface area contributed by atoms with E-state index in [4.69, 9.17) is 0 Å². The van der Waals surface area contributed by atoms with E-state index in [1.807, 2.05) is 0 Å². The summed E-state index contributed by atoms with van der Waals surface area (Å²) >= 11 is 0. The van der Waals surface area contributed by atoms with Gasteiger partial charge in [-0.3, -0.25) is 34.7 Å². The summed E-state index contributed by atoms with van der Waals surface area (Å²) in [6, 6.07) is 3.22. The first-order valence-electron chi connectivity index (χ1n) is 10.4. The number of benzene rings is 1. The van der Waals surface area contributed by atoms with Gasteiger partial charge in [-0.05, 0) is 42.4 Å². The average Bonchev–Trinajstić information content (AvgIpc) is 2.89. The van der Waals surface area contributed by atoms with Crippen molar-refractivity contribution in [3.8, 4) is 0 Å². The first-order chi connectivity index (χ1) is 15.0. The SMILES string of the molecule is O=C1CCC(N2C(=O)c3ccc(CNC4(C(F)(F)F)CC5(CNC5)C4)cc3C2=O)C(=O)N1. The molecule has 4 amide bonds. The van der Waals surface area contributed by atoms with Crippen LogP contribution in [0.1, 0.15) is 52.0 Å². The van der Waals surface area contributed by atoms with Gasteiger partial charge in [0, 0.05) is 26.1 Å². The highest BCUT2D eigenvalue weighted by atomic mass is 19.4.